The summed E-state index contributed by atoms with van der Waals surface area (Å²) in [5.41, 5.74) is 1.86. The summed E-state index contributed by atoms with van der Waals surface area (Å²) in [6.45, 7) is 7.15. The highest BCUT2D eigenvalue weighted by atomic mass is 16.5. The SMILES string of the molecule is C=NC(=NC)N/C(=C\C)c1cccnc1Oc1ccc(NC(=O)NC(=O)OCC)cc1. The second kappa shape index (κ2) is 11.7. The fourth-order valence-corrected chi connectivity index (χ4v) is 2.40. The molecule has 10 nitrogen and oxygen atoms in total. The zero-order chi connectivity index (χ0) is 22.6. The first kappa shape index (κ1) is 23.1. The third kappa shape index (κ3) is 6.96. The molecule has 0 saturated heterocycles. The molecular formula is C21H24N6O4. The van der Waals surface area contributed by atoms with Crippen LogP contribution in [0.5, 0.6) is 11.6 Å². The molecule has 0 aliphatic rings. The first-order valence-corrected chi connectivity index (χ1v) is 9.35. The number of carbonyl (C=O) groups excluding carboxylic acids is 2. The second-order valence-corrected chi connectivity index (χ2v) is 5.81. The quantitative estimate of drug-likeness (QED) is 0.478. The zero-order valence-electron chi connectivity index (χ0n) is 17.5. The number of hydrogen-bond donors (Lipinski definition) is 3. The smallest absolute Gasteiger partial charge is 0.415 e. The van der Waals surface area contributed by atoms with E-state index in [-0.39, 0.29) is 6.61 Å². The molecule has 0 aliphatic heterocycles. The fourth-order valence-electron chi connectivity index (χ4n) is 2.40. The number of pyridine rings is 1. The van der Waals surface area contributed by atoms with Gasteiger partial charge in [-0.2, -0.15) is 0 Å². The van der Waals surface area contributed by atoms with Gasteiger partial charge in [0.15, 0.2) is 0 Å². The van der Waals surface area contributed by atoms with Gasteiger partial charge in [-0.1, -0.05) is 6.08 Å². The molecule has 3 N–H and O–H groups in total. The Morgan fingerprint density at radius 3 is 2.55 bits per heavy atom. The second-order valence-electron chi connectivity index (χ2n) is 5.81. The van der Waals surface area contributed by atoms with E-state index in [1.165, 1.54) is 0 Å². The van der Waals surface area contributed by atoms with Crippen molar-refractivity contribution in [3.05, 3.63) is 54.2 Å². The van der Waals surface area contributed by atoms with E-state index in [2.05, 4.69) is 37.1 Å². The average molecular weight is 424 g/mol. The molecule has 162 valence electrons. The monoisotopic (exact) mass is 424 g/mol. The normalized spacial score (nSPS) is 11.3. The van der Waals surface area contributed by atoms with E-state index < -0.39 is 12.1 Å². The molecule has 0 unspecified atom stereocenters. The molecule has 0 aliphatic carbocycles. The Kier molecular flexibility index (Phi) is 8.72. The van der Waals surface area contributed by atoms with Gasteiger partial charge < -0.3 is 20.1 Å². The standard InChI is InChI=1S/C21H24N6O4/c1-5-17(26-19(22-3)23-4)16-8-7-13-24-18(16)31-15-11-9-14(10-12-15)25-20(28)27-21(29)30-6-2/h5,7-13H,3,6H2,1-2,4H3,(H,23,26)(H2,25,27,28,29)/b17-5-. The molecule has 10 heteroatoms. The number of alkyl carbamates (subject to hydrolysis) is 1. The summed E-state index contributed by atoms with van der Waals surface area (Å²) in [5.74, 6) is 1.22. The maximum absolute atomic E-state index is 11.8. The molecule has 0 saturated carbocycles. The van der Waals surface area contributed by atoms with E-state index in [1.54, 1.807) is 50.5 Å². The van der Waals surface area contributed by atoms with E-state index in [9.17, 15) is 9.59 Å². The molecule has 31 heavy (non-hydrogen) atoms. The molecule has 2 rings (SSSR count). The lowest BCUT2D eigenvalue weighted by molar-refractivity contribution is 0.154. The topological polar surface area (TPSA) is 126 Å². The predicted molar refractivity (Wildman–Crippen MR) is 120 cm³/mol. The fraction of sp³-hybridized carbons (Fsp3) is 0.190. The van der Waals surface area contributed by atoms with Gasteiger partial charge in [-0.05, 0) is 57.0 Å². The van der Waals surface area contributed by atoms with Gasteiger partial charge in [-0.25, -0.2) is 24.9 Å². The summed E-state index contributed by atoms with van der Waals surface area (Å²) >= 11 is 0. The van der Waals surface area contributed by atoms with Gasteiger partial charge in [0.1, 0.15) is 5.75 Å². The number of aromatic nitrogens is 1. The highest BCUT2D eigenvalue weighted by Gasteiger charge is 2.12. The Bertz CT molecular complexity index is 986. The van der Waals surface area contributed by atoms with Crippen LogP contribution in [0, 0.1) is 0 Å². The van der Waals surface area contributed by atoms with Gasteiger partial charge in [0.05, 0.1) is 12.2 Å². The Labute approximate surface area is 180 Å². The van der Waals surface area contributed by atoms with Crippen LogP contribution in [0.15, 0.2) is 58.7 Å². The summed E-state index contributed by atoms with van der Waals surface area (Å²) in [6, 6.07) is 9.49. The number of imide groups is 1. The number of hydrogen-bond acceptors (Lipinski definition) is 6. The minimum atomic E-state index is -0.820. The van der Waals surface area contributed by atoms with Crippen LogP contribution in [0.2, 0.25) is 0 Å². The average Bonchev–Trinajstić information content (AvgIpc) is 2.77. The van der Waals surface area contributed by atoms with Crippen LogP contribution in [0.3, 0.4) is 0 Å². The lowest BCUT2D eigenvalue weighted by Gasteiger charge is -2.14. The third-order valence-electron chi connectivity index (χ3n) is 3.78. The van der Waals surface area contributed by atoms with Crippen molar-refractivity contribution < 1.29 is 19.1 Å². The number of guanidine groups is 1. The van der Waals surface area contributed by atoms with Crippen LogP contribution < -0.4 is 20.7 Å². The number of aliphatic imine (C=N–C) groups is 2. The molecule has 0 spiro atoms. The number of allylic oxidation sites excluding steroid dienone is 1. The summed E-state index contributed by atoms with van der Waals surface area (Å²) in [6.07, 6.45) is 2.64. The van der Waals surface area contributed by atoms with Crippen LogP contribution in [-0.2, 0) is 4.74 Å². The number of carbonyl (C=O) groups is 2. The third-order valence-corrected chi connectivity index (χ3v) is 3.78. The van der Waals surface area contributed by atoms with Crippen molar-refractivity contribution in [2.24, 2.45) is 9.98 Å². The van der Waals surface area contributed by atoms with E-state index in [0.717, 1.165) is 0 Å². The maximum Gasteiger partial charge on any atom is 0.415 e. The zero-order valence-corrected chi connectivity index (χ0v) is 17.5. The van der Waals surface area contributed by atoms with Gasteiger partial charge in [-0.3, -0.25) is 4.99 Å². The number of nitrogens with one attached hydrogen (secondary N) is 3. The van der Waals surface area contributed by atoms with Crippen molar-refractivity contribution >= 4 is 36.2 Å². The number of benzene rings is 1. The molecule has 1 heterocycles. The van der Waals surface area contributed by atoms with E-state index in [4.69, 9.17) is 4.74 Å². The van der Waals surface area contributed by atoms with Crippen LogP contribution in [-0.4, -0.2) is 43.4 Å². The van der Waals surface area contributed by atoms with Crippen LogP contribution in [0.1, 0.15) is 19.4 Å². The van der Waals surface area contributed by atoms with Gasteiger partial charge in [0, 0.05) is 24.6 Å². The molecule has 3 amide bonds. The molecule has 0 bridgehead atoms. The Morgan fingerprint density at radius 2 is 1.94 bits per heavy atom. The number of amides is 3. The summed E-state index contributed by atoms with van der Waals surface area (Å²) in [5, 5.41) is 7.64. The predicted octanol–water partition coefficient (Wildman–Crippen LogP) is 3.79. The molecule has 0 fully saturated rings. The van der Waals surface area contributed by atoms with E-state index in [1.807, 2.05) is 24.4 Å². The van der Waals surface area contributed by atoms with E-state index in [0.29, 0.717) is 34.5 Å². The minimum absolute atomic E-state index is 0.168. The van der Waals surface area contributed by atoms with E-state index >= 15 is 0 Å². The molecule has 0 atom stereocenters. The largest absolute Gasteiger partial charge is 0.450 e. The minimum Gasteiger partial charge on any atom is -0.450 e. The van der Waals surface area contributed by atoms with Crippen LogP contribution >= 0.6 is 0 Å². The van der Waals surface area contributed by atoms with Crippen molar-refractivity contribution in [1.29, 1.82) is 0 Å². The summed E-state index contributed by atoms with van der Waals surface area (Å²) < 4.78 is 10.6. The summed E-state index contributed by atoms with van der Waals surface area (Å²) in [7, 11) is 1.60. The summed E-state index contributed by atoms with van der Waals surface area (Å²) in [4.78, 5) is 35.2. The number of rotatable bonds is 6. The van der Waals surface area contributed by atoms with Gasteiger partial charge in [-0.15, -0.1) is 0 Å². The van der Waals surface area contributed by atoms with Gasteiger partial charge in [0.25, 0.3) is 0 Å². The van der Waals surface area contributed by atoms with Crippen molar-refractivity contribution in [3.63, 3.8) is 0 Å². The maximum atomic E-state index is 11.8. The first-order chi connectivity index (χ1) is 15.0. The van der Waals surface area contributed by atoms with Crippen molar-refractivity contribution in [2.75, 3.05) is 19.0 Å². The van der Waals surface area contributed by atoms with Crippen molar-refractivity contribution in [2.45, 2.75) is 13.8 Å². The number of urea groups is 1. The molecular weight excluding hydrogens is 400 g/mol. The van der Waals surface area contributed by atoms with Crippen LogP contribution in [0.4, 0.5) is 15.3 Å². The van der Waals surface area contributed by atoms with Crippen molar-refractivity contribution in [1.82, 2.24) is 15.6 Å². The molecule has 2 aromatic rings. The van der Waals surface area contributed by atoms with Gasteiger partial charge >= 0.3 is 12.1 Å². The molecule has 0 radical (unpaired) electrons. The number of anilines is 1. The Morgan fingerprint density at radius 1 is 1.19 bits per heavy atom. The molecule has 1 aromatic heterocycles. The van der Waals surface area contributed by atoms with Crippen LogP contribution in [0.25, 0.3) is 5.70 Å². The lowest BCUT2D eigenvalue weighted by atomic mass is 10.2. The first-order valence-electron chi connectivity index (χ1n) is 9.35. The van der Waals surface area contributed by atoms with Gasteiger partial charge in [0.2, 0.25) is 11.8 Å². The van der Waals surface area contributed by atoms with Crippen molar-refractivity contribution in [3.8, 4) is 11.6 Å². The highest BCUT2D eigenvalue weighted by Crippen LogP contribution is 2.28. The molecule has 1 aromatic carbocycles. The number of ether oxygens (including phenoxy) is 2. The Hall–Kier alpha value is -4.21. The Balaban J connectivity index is 2.11. The number of nitrogens with zero attached hydrogens (tertiary/aromatic N) is 3. The lowest BCUT2D eigenvalue weighted by Crippen LogP contribution is -2.34. The highest BCUT2D eigenvalue weighted by molar-refractivity contribution is 5.99.